The van der Waals surface area contributed by atoms with Crippen LogP contribution in [0.5, 0.6) is 5.75 Å². The Balaban J connectivity index is 1.61. The lowest BCUT2D eigenvalue weighted by molar-refractivity contribution is 0.0955. The van der Waals surface area contributed by atoms with Crippen LogP contribution in [0.3, 0.4) is 0 Å². The predicted molar refractivity (Wildman–Crippen MR) is 134 cm³/mol. The van der Waals surface area contributed by atoms with Crippen LogP contribution in [0.4, 0.5) is 0 Å². The lowest BCUT2D eigenvalue weighted by Gasteiger charge is -2.05. The molecule has 0 aliphatic rings. The van der Waals surface area contributed by atoms with Gasteiger partial charge in [0, 0.05) is 27.4 Å². The fourth-order valence-corrected chi connectivity index (χ4v) is 3.60. The Kier molecular flexibility index (Phi) is 7.32. The number of para-hydroxylation sites is 1. The van der Waals surface area contributed by atoms with E-state index in [9.17, 15) is 4.79 Å². The summed E-state index contributed by atoms with van der Waals surface area (Å²) in [4.78, 5) is 12.4. The van der Waals surface area contributed by atoms with E-state index >= 15 is 0 Å². The molecule has 0 atom stereocenters. The molecule has 1 amide bonds. The number of aromatic nitrogens is 2. The van der Waals surface area contributed by atoms with Crippen molar-refractivity contribution in [2.75, 3.05) is 6.61 Å². The summed E-state index contributed by atoms with van der Waals surface area (Å²) in [7, 11) is 0. The maximum absolute atomic E-state index is 12.4. The molecular weight excluding hydrogens is 480 g/mol. The smallest absolute Gasteiger partial charge is 0.271 e. The number of hydrazone groups is 1. The van der Waals surface area contributed by atoms with E-state index in [1.807, 2.05) is 66.9 Å². The number of hydrogen-bond donors (Lipinski definition) is 1. The van der Waals surface area contributed by atoms with Crippen molar-refractivity contribution in [3.05, 3.63) is 101 Å². The van der Waals surface area contributed by atoms with Gasteiger partial charge in [0.15, 0.2) is 0 Å². The number of nitrogens with zero attached hydrogens (tertiary/aromatic N) is 3. The van der Waals surface area contributed by atoms with Crippen molar-refractivity contribution in [3.63, 3.8) is 0 Å². The Morgan fingerprint density at radius 3 is 2.61 bits per heavy atom. The highest BCUT2D eigenvalue weighted by Crippen LogP contribution is 2.25. The number of benzene rings is 3. The molecule has 3 aromatic carbocycles. The SMILES string of the molecule is CCCOc1ccc(-c2nn(-c3ccccc3)cc2C=NNC(=O)c2cccc(Br)c2)cc1. The monoisotopic (exact) mass is 502 g/mol. The maximum Gasteiger partial charge on any atom is 0.271 e. The molecule has 4 aromatic rings. The zero-order chi connectivity index (χ0) is 23.0. The number of carbonyl (C=O) groups excluding carboxylic acids is 1. The standard InChI is InChI=1S/C26H23BrN4O2/c1-2-15-33-24-13-11-19(12-14-24)25-21(18-31(30-25)23-9-4-3-5-10-23)17-28-29-26(32)20-7-6-8-22(27)16-20/h3-14,16-18H,2,15H2,1H3,(H,29,32). The van der Waals surface area contributed by atoms with Crippen LogP contribution in [0.1, 0.15) is 29.3 Å². The summed E-state index contributed by atoms with van der Waals surface area (Å²) in [5, 5.41) is 8.96. The first kappa shape index (κ1) is 22.5. The summed E-state index contributed by atoms with van der Waals surface area (Å²) in [5.41, 5.74) is 6.48. The zero-order valence-electron chi connectivity index (χ0n) is 18.1. The van der Waals surface area contributed by atoms with Gasteiger partial charge in [-0.25, -0.2) is 10.1 Å². The van der Waals surface area contributed by atoms with Gasteiger partial charge in [0.1, 0.15) is 11.4 Å². The minimum atomic E-state index is -0.290. The molecule has 1 N–H and O–H groups in total. The van der Waals surface area contributed by atoms with E-state index in [2.05, 4.69) is 33.4 Å². The highest BCUT2D eigenvalue weighted by Gasteiger charge is 2.12. The molecule has 0 bridgehead atoms. The van der Waals surface area contributed by atoms with Crippen molar-refractivity contribution in [3.8, 4) is 22.7 Å². The van der Waals surface area contributed by atoms with Crippen LogP contribution in [-0.2, 0) is 0 Å². The topological polar surface area (TPSA) is 68.5 Å². The van der Waals surface area contributed by atoms with Crippen LogP contribution >= 0.6 is 15.9 Å². The molecule has 0 fully saturated rings. The lowest BCUT2D eigenvalue weighted by atomic mass is 10.1. The summed E-state index contributed by atoms with van der Waals surface area (Å²) >= 11 is 3.38. The van der Waals surface area contributed by atoms with E-state index in [4.69, 9.17) is 9.84 Å². The molecule has 33 heavy (non-hydrogen) atoms. The van der Waals surface area contributed by atoms with Crippen LogP contribution in [0, 0.1) is 0 Å². The van der Waals surface area contributed by atoms with E-state index in [1.165, 1.54) is 0 Å². The van der Waals surface area contributed by atoms with Gasteiger partial charge in [0.05, 0.1) is 18.5 Å². The van der Waals surface area contributed by atoms with E-state index in [0.29, 0.717) is 12.2 Å². The van der Waals surface area contributed by atoms with Crippen molar-refractivity contribution < 1.29 is 9.53 Å². The molecule has 166 valence electrons. The Bertz CT molecular complexity index is 1250. The first-order valence-corrected chi connectivity index (χ1v) is 11.4. The molecule has 0 aliphatic heterocycles. The van der Waals surface area contributed by atoms with Gasteiger partial charge in [0.25, 0.3) is 5.91 Å². The van der Waals surface area contributed by atoms with Gasteiger partial charge in [-0.15, -0.1) is 0 Å². The van der Waals surface area contributed by atoms with Crippen molar-refractivity contribution in [1.82, 2.24) is 15.2 Å². The lowest BCUT2D eigenvalue weighted by Crippen LogP contribution is -2.17. The molecule has 1 heterocycles. The summed E-state index contributed by atoms with van der Waals surface area (Å²) < 4.78 is 8.32. The fraction of sp³-hybridized carbons (Fsp3) is 0.115. The van der Waals surface area contributed by atoms with Crippen LogP contribution in [0.25, 0.3) is 16.9 Å². The molecule has 0 unspecified atom stereocenters. The fourth-order valence-electron chi connectivity index (χ4n) is 3.20. The van der Waals surface area contributed by atoms with Gasteiger partial charge < -0.3 is 4.74 Å². The van der Waals surface area contributed by atoms with E-state index in [1.54, 1.807) is 29.1 Å². The molecule has 4 rings (SSSR count). The minimum Gasteiger partial charge on any atom is -0.494 e. The summed E-state index contributed by atoms with van der Waals surface area (Å²) in [6.45, 7) is 2.75. The molecule has 0 saturated carbocycles. The van der Waals surface area contributed by atoms with Crippen LogP contribution in [0.15, 0.2) is 94.6 Å². The average Bonchev–Trinajstić information content (AvgIpc) is 3.28. The van der Waals surface area contributed by atoms with Crippen molar-refractivity contribution in [1.29, 1.82) is 0 Å². The average molecular weight is 503 g/mol. The number of nitrogens with one attached hydrogen (secondary N) is 1. The molecule has 0 aliphatic carbocycles. The predicted octanol–water partition coefficient (Wildman–Crippen LogP) is 5.85. The van der Waals surface area contributed by atoms with Gasteiger partial charge in [-0.3, -0.25) is 4.79 Å². The zero-order valence-corrected chi connectivity index (χ0v) is 19.7. The number of carbonyl (C=O) groups is 1. The van der Waals surface area contributed by atoms with Crippen molar-refractivity contribution in [2.45, 2.75) is 13.3 Å². The minimum absolute atomic E-state index is 0.290. The first-order valence-electron chi connectivity index (χ1n) is 10.6. The van der Waals surface area contributed by atoms with E-state index in [-0.39, 0.29) is 5.91 Å². The molecule has 0 saturated heterocycles. The maximum atomic E-state index is 12.4. The highest BCUT2D eigenvalue weighted by atomic mass is 79.9. The largest absolute Gasteiger partial charge is 0.494 e. The summed E-state index contributed by atoms with van der Waals surface area (Å²) in [5.74, 6) is 0.529. The van der Waals surface area contributed by atoms with Crippen LogP contribution in [0.2, 0.25) is 0 Å². The number of halogens is 1. The Morgan fingerprint density at radius 1 is 1.09 bits per heavy atom. The normalized spacial score (nSPS) is 11.0. The van der Waals surface area contributed by atoms with E-state index in [0.717, 1.165) is 39.2 Å². The molecule has 0 radical (unpaired) electrons. The summed E-state index contributed by atoms with van der Waals surface area (Å²) in [6, 6.07) is 24.8. The van der Waals surface area contributed by atoms with E-state index < -0.39 is 0 Å². The third-order valence-corrected chi connectivity index (χ3v) is 5.31. The molecule has 0 spiro atoms. The Morgan fingerprint density at radius 2 is 1.88 bits per heavy atom. The number of rotatable bonds is 8. The van der Waals surface area contributed by atoms with Gasteiger partial charge in [-0.1, -0.05) is 47.1 Å². The van der Waals surface area contributed by atoms with Gasteiger partial charge in [-0.05, 0) is 61.0 Å². The van der Waals surface area contributed by atoms with Gasteiger partial charge >= 0.3 is 0 Å². The second-order valence-corrected chi connectivity index (χ2v) is 8.21. The van der Waals surface area contributed by atoms with Gasteiger partial charge in [-0.2, -0.15) is 10.2 Å². The molecule has 6 nitrogen and oxygen atoms in total. The molecule has 1 aromatic heterocycles. The van der Waals surface area contributed by atoms with Gasteiger partial charge in [0.2, 0.25) is 0 Å². The second kappa shape index (κ2) is 10.7. The highest BCUT2D eigenvalue weighted by molar-refractivity contribution is 9.10. The van der Waals surface area contributed by atoms with Crippen molar-refractivity contribution in [2.24, 2.45) is 5.10 Å². The Hall–Kier alpha value is -3.71. The third kappa shape index (κ3) is 5.75. The number of ether oxygens (including phenoxy) is 1. The van der Waals surface area contributed by atoms with Crippen LogP contribution < -0.4 is 10.2 Å². The third-order valence-electron chi connectivity index (χ3n) is 4.82. The van der Waals surface area contributed by atoms with Crippen LogP contribution in [-0.4, -0.2) is 28.5 Å². The number of amides is 1. The van der Waals surface area contributed by atoms with Crippen molar-refractivity contribution >= 4 is 28.1 Å². The molecule has 7 heteroatoms. The second-order valence-electron chi connectivity index (χ2n) is 7.30. The first-order chi connectivity index (χ1) is 16.1. The summed E-state index contributed by atoms with van der Waals surface area (Å²) in [6.07, 6.45) is 4.45. The molecular formula is C26H23BrN4O2. The Labute approximate surface area is 201 Å². The quantitative estimate of drug-likeness (QED) is 0.242. The number of hydrogen-bond acceptors (Lipinski definition) is 4.